The van der Waals surface area contributed by atoms with E-state index in [9.17, 15) is 13.2 Å². The number of rotatable bonds is 2. The van der Waals surface area contributed by atoms with Crippen LogP contribution < -0.4 is 0 Å². The molecule has 5 rings (SSSR count). The van der Waals surface area contributed by atoms with Crippen molar-refractivity contribution in [1.29, 1.82) is 0 Å². The molecule has 1 atom stereocenters. The van der Waals surface area contributed by atoms with Gasteiger partial charge in [0.1, 0.15) is 4.62 Å². The van der Waals surface area contributed by atoms with E-state index >= 15 is 0 Å². The van der Waals surface area contributed by atoms with Gasteiger partial charge in [-0.15, -0.1) is 0 Å². The molecule has 4 aromatic rings. The quantitative estimate of drug-likeness (QED) is 0.383. The van der Waals surface area contributed by atoms with E-state index in [1.807, 2.05) is 36.0 Å². The highest BCUT2D eigenvalue weighted by Gasteiger charge is 2.30. The van der Waals surface area contributed by atoms with E-state index in [1.54, 1.807) is 4.68 Å². The van der Waals surface area contributed by atoms with Crippen LogP contribution in [-0.2, 0) is 18.1 Å². The second-order valence-electron chi connectivity index (χ2n) is 6.96. The molecule has 0 aliphatic carbocycles. The number of fused-ring (bicyclic) bond motifs is 3. The fraction of sp³-hybridized carbons (Fsp3) is 0.200. The van der Waals surface area contributed by atoms with Crippen molar-refractivity contribution in [3.63, 3.8) is 0 Å². The minimum absolute atomic E-state index is 0.171. The number of oxime groups is 1. The first-order chi connectivity index (χ1) is 13.8. The van der Waals surface area contributed by atoms with Gasteiger partial charge < -0.3 is 4.84 Å². The Hall–Kier alpha value is -2.81. The van der Waals surface area contributed by atoms with Crippen molar-refractivity contribution in [2.45, 2.75) is 18.7 Å². The Bertz CT molecular complexity index is 1270. The Morgan fingerprint density at radius 2 is 1.86 bits per heavy atom. The fourth-order valence-electron chi connectivity index (χ4n) is 3.70. The third-order valence-electron chi connectivity index (χ3n) is 5.03. The molecule has 29 heavy (non-hydrogen) atoms. The SMILES string of the molecule is Cn1cc2c3cc(C4CC(Br)=NO4)ccc3n(-c3ccc(C(F)(F)F)cc3)c2n1. The van der Waals surface area contributed by atoms with E-state index < -0.39 is 11.7 Å². The van der Waals surface area contributed by atoms with E-state index in [0.717, 1.165) is 38.6 Å². The van der Waals surface area contributed by atoms with Crippen molar-refractivity contribution < 1.29 is 18.0 Å². The molecule has 148 valence electrons. The highest BCUT2D eigenvalue weighted by Crippen LogP contribution is 2.37. The van der Waals surface area contributed by atoms with Crippen molar-refractivity contribution in [1.82, 2.24) is 14.3 Å². The molecular formula is C20H14BrF3N4O. The summed E-state index contributed by atoms with van der Waals surface area (Å²) in [7, 11) is 1.82. The van der Waals surface area contributed by atoms with E-state index in [1.165, 1.54) is 12.1 Å². The zero-order valence-corrected chi connectivity index (χ0v) is 16.7. The van der Waals surface area contributed by atoms with E-state index in [4.69, 9.17) is 4.84 Å². The summed E-state index contributed by atoms with van der Waals surface area (Å²) >= 11 is 3.35. The number of benzene rings is 2. The minimum Gasteiger partial charge on any atom is -0.386 e. The molecule has 1 aliphatic rings. The second-order valence-corrected chi connectivity index (χ2v) is 7.88. The molecule has 0 bridgehead atoms. The first-order valence-electron chi connectivity index (χ1n) is 8.85. The molecule has 0 amide bonds. The lowest BCUT2D eigenvalue weighted by atomic mass is 10.0. The van der Waals surface area contributed by atoms with Gasteiger partial charge >= 0.3 is 6.18 Å². The maximum absolute atomic E-state index is 12.9. The van der Waals surface area contributed by atoms with Crippen LogP contribution in [0.5, 0.6) is 0 Å². The first kappa shape index (κ1) is 18.2. The highest BCUT2D eigenvalue weighted by molar-refractivity contribution is 9.18. The normalized spacial score (nSPS) is 17.1. The number of halogens is 4. The lowest BCUT2D eigenvalue weighted by molar-refractivity contribution is -0.137. The molecule has 0 saturated heterocycles. The predicted molar refractivity (Wildman–Crippen MR) is 107 cm³/mol. The van der Waals surface area contributed by atoms with Crippen LogP contribution in [0.1, 0.15) is 23.7 Å². The number of hydrogen-bond donors (Lipinski definition) is 0. The summed E-state index contributed by atoms with van der Waals surface area (Å²) in [5.74, 6) is 0. The van der Waals surface area contributed by atoms with Crippen molar-refractivity contribution in [3.8, 4) is 5.69 Å². The van der Waals surface area contributed by atoms with Gasteiger partial charge in [-0.25, -0.2) is 0 Å². The predicted octanol–water partition coefficient (Wildman–Crippen LogP) is 5.71. The number of alkyl halides is 3. The van der Waals surface area contributed by atoms with Crippen molar-refractivity contribution in [2.75, 3.05) is 0 Å². The fourth-order valence-corrected chi connectivity index (χ4v) is 4.08. The van der Waals surface area contributed by atoms with Gasteiger partial charge in [0.15, 0.2) is 11.8 Å². The Kier molecular flexibility index (Phi) is 3.99. The zero-order valence-electron chi connectivity index (χ0n) is 15.1. The van der Waals surface area contributed by atoms with Crippen LogP contribution in [0.15, 0.2) is 53.8 Å². The van der Waals surface area contributed by atoms with Crippen LogP contribution >= 0.6 is 15.9 Å². The van der Waals surface area contributed by atoms with Gasteiger partial charge in [-0.05, 0) is 57.9 Å². The number of nitrogens with zero attached hydrogens (tertiary/aromatic N) is 4. The Morgan fingerprint density at radius 1 is 1.10 bits per heavy atom. The summed E-state index contributed by atoms with van der Waals surface area (Å²) in [5, 5.41) is 10.3. The summed E-state index contributed by atoms with van der Waals surface area (Å²) in [6.45, 7) is 0. The highest BCUT2D eigenvalue weighted by atomic mass is 79.9. The summed E-state index contributed by atoms with van der Waals surface area (Å²) in [6.07, 6.45) is -1.98. The molecular weight excluding hydrogens is 449 g/mol. The summed E-state index contributed by atoms with van der Waals surface area (Å²) in [4.78, 5) is 5.46. The third-order valence-corrected chi connectivity index (χ3v) is 5.50. The van der Waals surface area contributed by atoms with Crippen molar-refractivity contribution >= 4 is 42.5 Å². The van der Waals surface area contributed by atoms with Crippen LogP contribution in [0.25, 0.3) is 27.6 Å². The maximum atomic E-state index is 12.9. The monoisotopic (exact) mass is 462 g/mol. The third kappa shape index (κ3) is 3.00. The van der Waals surface area contributed by atoms with Crippen molar-refractivity contribution in [3.05, 3.63) is 59.8 Å². The first-order valence-corrected chi connectivity index (χ1v) is 9.64. The van der Waals surface area contributed by atoms with E-state index in [0.29, 0.717) is 17.8 Å². The molecule has 2 aromatic heterocycles. The number of aryl methyl sites for hydroxylation is 1. The summed E-state index contributed by atoms with van der Waals surface area (Å²) in [5.41, 5.74) is 2.47. The Balaban J connectivity index is 1.68. The Morgan fingerprint density at radius 3 is 2.52 bits per heavy atom. The summed E-state index contributed by atoms with van der Waals surface area (Å²) < 4.78 is 43.2. The lowest BCUT2D eigenvalue weighted by Crippen LogP contribution is -2.05. The van der Waals surface area contributed by atoms with Gasteiger partial charge in [-0.3, -0.25) is 9.25 Å². The molecule has 0 saturated carbocycles. The van der Waals surface area contributed by atoms with Crippen molar-refractivity contribution in [2.24, 2.45) is 12.2 Å². The van der Waals surface area contributed by atoms with Crippen LogP contribution in [0.3, 0.4) is 0 Å². The molecule has 1 aliphatic heterocycles. The Labute approximate surface area is 171 Å². The molecule has 5 nitrogen and oxygen atoms in total. The molecule has 9 heteroatoms. The second kappa shape index (κ2) is 6.35. The lowest BCUT2D eigenvalue weighted by Gasteiger charge is -2.11. The van der Waals surface area contributed by atoms with E-state index in [-0.39, 0.29) is 6.10 Å². The largest absolute Gasteiger partial charge is 0.416 e. The van der Waals surface area contributed by atoms with Gasteiger partial charge in [-0.1, -0.05) is 11.2 Å². The smallest absolute Gasteiger partial charge is 0.386 e. The molecule has 2 aromatic carbocycles. The van der Waals surface area contributed by atoms with Gasteiger partial charge in [0, 0.05) is 36.1 Å². The molecule has 0 spiro atoms. The number of aromatic nitrogens is 3. The van der Waals surface area contributed by atoms with Gasteiger partial charge in [-0.2, -0.15) is 18.3 Å². The van der Waals surface area contributed by atoms with Gasteiger partial charge in [0.2, 0.25) is 0 Å². The van der Waals surface area contributed by atoms with Crippen LogP contribution in [-0.4, -0.2) is 19.0 Å². The molecule has 1 unspecified atom stereocenters. The number of hydrogen-bond acceptors (Lipinski definition) is 3. The van der Waals surface area contributed by atoms with Gasteiger partial charge in [0.05, 0.1) is 11.1 Å². The summed E-state index contributed by atoms with van der Waals surface area (Å²) in [6, 6.07) is 11.0. The zero-order chi connectivity index (χ0) is 20.3. The minimum atomic E-state index is -4.37. The topological polar surface area (TPSA) is 44.3 Å². The van der Waals surface area contributed by atoms with Crippen LogP contribution in [0.4, 0.5) is 13.2 Å². The molecule has 0 N–H and O–H groups in total. The van der Waals surface area contributed by atoms with Crippen LogP contribution in [0.2, 0.25) is 0 Å². The van der Waals surface area contributed by atoms with E-state index in [2.05, 4.69) is 26.2 Å². The maximum Gasteiger partial charge on any atom is 0.416 e. The molecule has 0 radical (unpaired) electrons. The van der Waals surface area contributed by atoms with Crippen LogP contribution in [0, 0.1) is 0 Å². The van der Waals surface area contributed by atoms with Gasteiger partial charge in [0.25, 0.3) is 0 Å². The molecule has 0 fully saturated rings. The average molecular weight is 463 g/mol. The standard InChI is InChI=1S/C20H14BrF3N4O/c1-27-10-15-14-8-11(17-9-18(21)26-29-17)2-7-16(14)28(19(15)25-27)13-5-3-12(4-6-13)20(22,23)24/h2-8,10,17H,9H2,1H3. The average Bonchev–Trinajstić information content (AvgIpc) is 3.34. The molecule has 3 heterocycles.